The van der Waals surface area contributed by atoms with E-state index in [-0.39, 0.29) is 11.8 Å². The van der Waals surface area contributed by atoms with Crippen LogP contribution in [-0.2, 0) is 0 Å². The van der Waals surface area contributed by atoms with Crippen LogP contribution in [0, 0.1) is 0 Å². The molecule has 3 aliphatic rings. The Labute approximate surface area is 370 Å². The lowest BCUT2D eigenvalue weighted by atomic mass is 9.76. The van der Waals surface area contributed by atoms with E-state index in [1.165, 1.54) is 142 Å². The van der Waals surface area contributed by atoms with Crippen LogP contribution in [-0.4, -0.2) is 0 Å². The fraction of sp³-hybridized carbons (Fsp3) is 0.0312. The molecule has 0 saturated carbocycles. The number of hydrogen-bond acceptors (Lipinski definition) is 0. The molecule has 0 bridgehead atoms. The Morgan fingerprint density at radius 2 is 0.797 bits per heavy atom. The maximum atomic E-state index is 2.58. The quantitative estimate of drug-likeness (QED) is 0.166. The van der Waals surface area contributed by atoms with Crippen molar-refractivity contribution in [3.8, 4) is 44.5 Å². The number of hydrogen-bond donors (Lipinski definition) is 0. The summed E-state index contributed by atoms with van der Waals surface area (Å²) in [5, 5.41) is 17.3. The van der Waals surface area contributed by atoms with Crippen LogP contribution < -0.4 is 5.22 Å². The monoisotopic (exact) mass is 806 g/mol. The number of fused-ring (bicyclic) bond motifs is 11. The Morgan fingerprint density at radius 1 is 0.312 bits per heavy atom. The van der Waals surface area contributed by atoms with Gasteiger partial charge in [-0.1, -0.05) is 206 Å². The molecule has 0 spiro atoms. The molecular weight excluding hydrogens is 769 g/mol. The molecule has 0 heterocycles. The molecule has 64 heavy (non-hydrogen) atoms. The third-order valence-electron chi connectivity index (χ3n) is 15.1. The van der Waals surface area contributed by atoms with Crippen molar-refractivity contribution in [2.75, 3.05) is 0 Å². The van der Waals surface area contributed by atoms with Crippen LogP contribution in [0.1, 0.15) is 34.1 Å². The Morgan fingerprint density at radius 3 is 1.38 bits per heavy atom. The van der Waals surface area contributed by atoms with Crippen LogP contribution >= 0.6 is 0 Å². The van der Waals surface area contributed by atoms with E-state index in [1.807, 2.05) is 0 Å². The smallest absolute Gasteiger partial charge is 0.0212 e. The molecule has 15 rings (SSSR count). The van der Waals surface area contributed by atoms with E-state index in [2.05, 4.69) is 218 Å². The first-order chi connectivity index (χ1) is 31.8. The van der Waals surface area contributed by atoms with Crippen LogP contribution in [0.3, 0.4) is 0 Å². The van der Waals surface area contributed by atoms with E-state index in [1.54, 1.807) is 0 Å². The van der Waals surface area contributed by atoms with Crippen LogP contribution in [0.5, 0.6) is 0 Å². The van der Waals surface area contributed by atoms with E-state index in [4.69, 9.17) is 0 Å². The SMILES string of the molecule is C1=CC2c3c(c(-c4ccccc4)c4ccccc4c3-c3ccccc3)C3=CC=c4c(c1c1cc5c(-c6ccccc6)c6c7cccc8cccc(c6c(-c6ccccc6)c5cc41)c87)C32. The predicted octanol–water partition coefficient (Wildman–Crippen LogP) is 16.5. The van der Waals surface area contributed by atoms with E-state index in [9.17, 15) is 0 Å². The molecule has 294 valence electrons. The minimum atomic E-state index is 0.204. The molecule has 0 N–H and O–H groups in total. The third-order valence-corrected chi connectivity index (χ3v) is 15.1. The molecule has 0 radical (unpaired) electrons. The van der Waals surface area contributed by atoms with Crippen LogP contribution in [0.4, 0.5) is 0 Å². The molecule has 0 aliphatic heterocycles. The largest absolute Gasteiger partial charge is 0.0754 e. The van der Waals surface area contributed by atoms with Crippen molar-refractivity contribution in [2.45, 2.75) is 11.8 Å². The van der Waals surface area contributed by atoms with Gasteiger partial charge in [-0.15, -0.1) is 0 Å². The summed E-state index contributed by atoms with van der Waals surface area (Å²) in [7, 11) is 0. The summed E-state index contributed by atoms with van der Waals surface area (Å²) in [5.41, 5.74) is 17.6. The topological polar surface area (TPSA) is 0 Å². The summed E-state index contributed by atoms with van der Waals surface area (Å²) in [4.78, 5) is 0. The van der Waals surface area contributed by atoms with Gasteiger partial charge in [-0.05, 0) is 154 Å². The van der Waals surface area contributed by atoms with Crippen molar-refractivity contribution in [1.29, 1.82) is 0 Å². The highest BCUT2D eigenvalue weighted by atomic mass is 14.5. The Balaban J connectivity index is 1.09. The van der Waals surface area contributed by atoms with Crippen molar-refractivity contribution in [2.24, 2.45) is 0 Å². The summed E-state index contributed by atoms with van der Waals surface area (Å²) in [5.74, 6) is 0.416. The highest BCUT2D eigenvalue weighted by Gasteiger charge is 2.45. The normalized spacial score (nSPS) is 16.0. The van der Waals surface area contributed by atoms with Crippen molar-refractivity contribution in [1.82, 2.24) is 0 Å². The van der Waals surface area contributed by atoms with Crippen LogP contribution in [0.15, 0.2) is 206 Å². The Hall–Kier alpha value is -8.06. The maximum Gasteiger partial charge on any atom is 0.0212 e. The average Bonchev–Trinajstić information content (AvgIpc) is 3.99. The zero-order chi connectivity index (χ0) is 41.6. The van der Waals surface area contributed by atoms with Gasteiger partial charge in [0.05, 0.1) is 0 Å². The van der Waals surface area contributed by atoms with Gasteiger partial charge >= 0.3 is 0 Å². The summed E-state index contributed by atoms with van der Waals surface area (Å²) in [6.07, 6.45) is 10.0. The van der Waals surface area contributed by atoms with Gasteiger partial charge in [-0.25, -0.2) is 0 Å². The summed E-state index contributed by atoms with van der Waals surface area (Å²) in [6, 6.07) is 72.6. The van der Waals surface area contributed by atoms with Crippen molar-refractivity contribution in [3.05, 3.63) is 234 Å². The van der Waals surface area contributed by atoms with Gasteiger partial charge < -0.3 is 0 Å². The molecule has 12 aromatic carbocycles. The van der Waals surface area contributed by atoms with Gasteiger partial charge in [0.1, 0.15) is 0 Å². The number of benzene rings is 10. The minimum Gasteiger partial charge on any atom is -0.0754 e. The van der Waals surface area contributed by atoms with Crippen molar-refractivity contribution >= 4 is 82.4 Å². The van der Waals surface area contributed by atoms with Gasteiger partial charge in [0, 0.05) is 11.8 Å². The molecule has 0 heteroatoms. The van der Waals surface area contributed by atoms with E-state index < -0.39 is 0 Å². The lowest BCUT2D eigenvalue weighted by molar-refractivity contribution is 0.781. The lowest BCUT2D eigenvalue weighted by Gasteiger charge is -2.26. The van der Waals surface area contributed by atoms with Crippen LogP contribution in [0.2, 0.25) is 0 Å². The zero-order valence-corrected chi connectivity index (χ0v) is 34.9. The first-order valence-corrected chi connectivity index (χ1v) is 22.7. The lowest BCUT2D eigenvalue weighted by Crippen LogP contribution is -2.19. The van der Waals surface area contributed by atoms with Gasteiger partial charge in [0.2, 0.25) is 0 Å². The highest BCUT2D eigenvalue weighted by Crippen LogP contribution is 2.63. The molecule has 0 nitrogen and oxygen atoms in total. The molecule has 0 saturated heterocycles. The van der Waals surface area contributed by atoms with Gasteiger partial charge in [0.25, 0.3) is 0 Å². The summed E-state index contributed by atoms with van der Waals surface area (Å²) >= 11 is 0. The second kappa shape index (κ2) is 12.8. The summed E-state index contributed by atoms with van der Waals surface area (Å²) in [6.45, 7) is 0. The van der Waals surface area contributed by atoms with Gasteiger partial charge in [-0.3, -0.25) is 0 Å². The Kier molecular flexibility index (Phi) is 6.88. The molecular formula is C64H38. The average molecular weight is 807 g/mol. The molecule has 2 atom stereocenters. The standard InChI is InChI=1S/C64H38/c1-5-17-38(18-6-1)55-42-27-13-14-28-43(42)56(39-19-7-2-8-20-39)64-49-34-32-45-51-36-53-52(35-50(51)44-31-33-48(63(55)64)60(49)59(44)45)57(40-21-9-3-10-22-40)61-46-29-15-25-37-26-16-30-47(54(37)46)62(61)58(53)41-23-11-4-12-24-41/h1-36,48,60H. The van der Waals surface area contributed by atoms with Crippen LogP contribution in [0.25, 0.3) is 127 Å². The minimum absolute atomic E-state index is 0.204. The molecule has 0 amide bonds. The van der Waals surface area contributed by atoms with Gasteiger partial charge in [-0.2, -0.15) is 0 Å². The number of rotatable bonds is 4. The number of allylic oxidation sites excluding steroid dienone is 3. The second-order valence-electron chi connectivity index (χ2n) is 18.1. The molecule has 3 aliphatic carbocycles. The highest BCUT2D eigenvalue weighted by molar-refractivity contribution is 6.40. The molecule has 0 aromatic heterocycles. The fourth-order valence-electron chi connectivity index (χ4n) is 12.7. The fourth-order valence-corrected chi connectivity index (χ4v) is 12.7. The third kappa shape index (κ3) is 4.42. The van der Waals surface area contributed by atoms with E-state index in [0.29, 0.717) is 0 Å². The van der Waals surface area contributed by atoms with Gasteiger partial charge in [0.15, 0.2) is 0 Å². The Bertz CT molecular complexity index is 4070. The molecule has 0 fully saturated rings. The first kappa shape index (κ1) is 34.5. The van der Waals surface area contributed by atoms with Crippen molar-refractivity contribution in [3.63, 3.8) is 0 Å². The van der Waals surface area contributed by atoms with E-state index >= 15 is 0 Å². The zero-order valence-electron chi connectivity index (χ0n) is 34.9. The second-order valence-corrected chi connectivity index (χ2v) is 18.1. The molecule has 12 aromatic rings. The predicted molar refractivity (Wildman–Crippen MR) is 273 cm³/mol. The maximum absolute atomic E-state index is 2.58. The van der Waals surface area contributed by atoms with Crippen molar-refractivity contribution < 1.29 is 0 Å². The molecule has 2 unspecified atom stereocenters. The summed E-state index contributed by atoms with van der Waals surface area (Å²) < 4.78 is 0. The first-order valence-electron chi connectivity index (χ1n) is 22.7. The van der Waals surface area contributed by atoms with E-state index in [0.717, 1.165) is 0 Å².